The Morgan fingerprint density at radius 3 is 2.82 bits per heavy atom. The van der Waals surface area contributed by atoms with Gasteiger partial charge in [0.1, 0.15) is 0 Å². The molecule has 3 atom stereocenters. The fraction of sp³-hybridized carbons (Fsp3) is 0.375. The first-order chi connectivity index (χ1) is 13.7. The lowest BCUT2D eigenvalue weighted by Crippen LogP contribution is -2.30. The summed E-state index contributed by atoms with van der Waals surface area (Å²) in [5, 5.41) is 6.72. The number of fused-ring (bicyclic) bond motifs is 3. The molecule has 0 radical (unpaired) electrons. The first kappa shape index (κ1) is 18.8. The summed E-state index contributed by atoms with van der Waals surface area (Å²) in [7, 11) is 1.67. The molecule has 0 spiro atoms. The summed E-state index contributed by atoms with van der Waals surface area (Å²) >= 11 is 0. The molecule has 0 fully saturated rings. The van der Waals surface area contributed by atoms with Gasteiger partial charge in [0, 0.05) is 37.4 Å². The number of amides is 1. The maximum atomic E-state index is 12.5. The van der Waals surface area contributed by atoms with Crippen molar-refractivity contribution >= 4 is 11.6 Å². The molecule has 0 aromatic heterocycles. The van der Waals surface area contributed by atoms with Crippen molar-refractivity contribution in [3.63, 3.8) is 0 Å². The van der Waals surface area contributed by atoms with Gasteiger partial charge in [-0.3, -0.25) is 4.79 Å². The molecule has 4 heteroatoms. The van der Waals surface area contributed by atoms with E-state index in [9.17, 15) is 4.79 Å². The van der Waals surface area contributed by atoms with Gasteiger partial charge in [-0.25, -0.2) is 0 Å². The summed E-state index contributed by atoms with van der Waals surface area (Å²) in [4.78, 5) is 12.5. The molecule has 146 valence electrons. The number of nitrogens with one attached hydrogen (secondary N) is 2. The number of carbonyl (C=O) groups is 1. The van der Waals surface area contributed by atoms with Crippen molar-refractivity contribution in [1.29, 1.82) is 0 Å². The van der Waals surface area contributed by atoms with Crippen molar-refractivity contribution in [3.05, 3.63) is 76.9 Å². The highest BCUT2D eigenvalue weighted by molar-refractivity contribution is 5.95. The zero-order valence-corrected chi connectivity index (χ0v) is 16.6. The van der Waals surface area contributed by atoms with Crippen LogP contribution in [0.15, 0.2) is 54.6 Å². The number of benzene rings is 2. The smallest absolute Gasteiger partial charge is 0.251 e. The van der Waals surface area contributed by atoms with Crippen molar-refractivity contribution < 1.29 is 9.53 Å². The van der Waals surface area contributed by atoms with Gasteiger partial charge in [0.05, 0.1) is 6.04 Å². The molecule has 0 saturated carbocycles. The quantitative estimate of drug-likeness (QED) is 0.573. The molecule has 1 amide bonds. The highest BCUT2D eigenvalue weighted by Crippen LogP contribution is 2.49. The second kappa shape index (κ2) is 8.19. The van der Waals surface area contributed by atoms with Crippen LogP contribution < -0.4 is 10.6 Å². The van der Waals surface area contributed by atoms with Gasteiger partial charge in [-0.1, -0.05) is 42.0 Å². The van der Waals surface area contributed by atoms with E-state index in [-0.39, 0.29) is 5.91 Å². The molecule has 2 aliphatic rings. The Morgan fingerprint density at radius 2 is 2.04 bits per heavy atom. The van der Waals surface area contributed by atoms with Crippen LogP contribution in [0.3, 0.4) is 0 Å². The number of carbonyl (C=O) groups excluding carboxylic acids is 1. The molecule has 2 N–H and O–H groups in total. The molecule has 1 aliphatic heterocycles. The molecule has 0 bridgehead atoms. The number of allylic oxidation sites excluding steroid dienone is 2. The Labute approximate surface area is 167 Å². The predicted molar refractivity (Wildman–Crippen MR) is 113 cm³/mol. The van der Waals surface area contributed by atoms with Gasteiger partial charge in [0.2, 0.25) is 0 Å². The number of hydrogen-bond acceptors (Lipinski definition) is 3. The third-order valence-corrected chi connectivity index (χ3v) is 5.87. The molecule has 0 saturated heterocycles. The Hall–Kier alpha value is -2.59. The molecule has 3 unspecified atom stereocenters. The van der Waals surface area contributed by atoms with E-state index in [1.54, 1.807) is 7.11 Å². The van der Waals surface area contributed by atoms with Crippen LogP contribution in [0.4, 0.5) is 5.69 Å². The summed E-state index contributed by atoms with van der Waals surface area (Å²) in [6.45, 7) is 3.40. The third-order valence-electron chi connectivity index (χ3n) is 5.87. The van der Waals surface area contributed by atoms with E-state index in [1.807, 2.05) is 6.07 Å². The maximum absolute atomic E-state index is 12.5. The van der Waals surface area contributed by atoms with Gasteiger partial charge < -0.3 is 15.4 Å². The van der Waals surface area contributed by atoms with Crippen LogP contribution in [-0.4, -0.2) is 26.2 Å². The van der Waals surface area contributed by atoms with Crippen molar-refractivity contribution in [2.24, 2.45) is 5.92 Å². The Balaban J connectivity index is 1.56. The predicted octanol–water partition coefficient (Wildman–Crippen LogP) is 4.59. The molecule has 28 heavy (non-hydrogen) atoms. The van der Waals surface area contributed by atoms with Crippen LogP contribution in [0.25, 0.3) is 0 Å². The molecule has 1 heterocycles. The minimum atomic E-state index is -0.0157. The van der Waals surface area contributed by atoms with Crippen molar-refractivity contribution in [3.8, 4) is 0 Å². The summed E-state index contributed by atoms with van der Waals surface area (Å²) in [6, 6.07) is 15.2. The number of anilines is 1. The van der Waals surface area contributed by atoms with E-state index < -0.39 is 0 Å². The van der Waals surface area contributed by atoms with Gasteiger partial charge in [-0.15, -0.1) is 0 Å². The summed E-state index contributed by atoms with van der Waals surface area (Å²) in [5.74, 6) is 0.817. The van der Waals surface area contributed by atoms with Crippen LogP contribution in [0.1, 0.15) is 51.8 Å². The van der Waals surface area contributed by atoms with E-state index in [4.69, 9.17) is 4.74 Å². The third kappa shape index (κ3) is 3.69. The zero-order valence-electron chi connectivity index (χ0n) is 16.6. The number of rotatable bonds is 6. The van der Waals surface area contributed by atoms with Gasteiger partial charge in [-0.2, -0.15) is 0 Å². The number of ether oxygens (including phenoxy) is 1. The monoisotopic (exact) mass is 376 g/mol. The molecule has 2 aromatic carbocycles. The van der Waals surface area contributed by atoms with Gasteiger partial charge >= 0.3 is 0 Å². The highest BCUT2D eigenvalue weighted by Gasteiger charge is 2.38. The van der Waals surface area contributed by atoms with Gasteiger partial charge in [-0.05, 0) is 55.0 Å². The zero-order chi connectivity index (χ0) is 19.5. The van der Waals surface area contributed by atoms with Crippen molar-refractivity contribution in [2.75, 3.05) is 25.6 Å². The van der Waals surface area contributed by atoms with Gasteiger partial charge in [0.15, 0.2) is 0 Å². The molecule has 1 aliphatic carbocycles. The minimum absolute atomic E-state index is 0.0157. The summed E-state index contributed by atoms with van der Waals surface area (Å²) in [6.07, 6.45) is 6.47. The van der Waals surface area contributed by atoms with E-state index in [2.05, 4.69) is 66.1 Å². The van der Waals surface area contributed by atoms with E-state index in [0.29, 0.717) is 31.0 Å². The Morgan fingerprint density at radius 1 is 1.21 bits per heavy atom. The van der Waals surface area contributed by atoms with Gasteiger partial charge in [0.25, 0.3) is 5.91 Å². The normalized spacial score (nSPS) is 22.3. The van der Waals surface area contributed by atoms with E-state index in [1.165, 1.54) is 16.7 Å². The first-order valence-corrected chi connectivity index (χ1v) is 10.1. The standard InChI is InChI=1S/C24H28N2O2/c1-16-7-9-17(10-8-16)23-20-6-3-5-19(20)21-15-18(11-12-22(21)26-23)24(27)25-13-4-14-28-2/h3,5,7-12,15,19-20,23,26H,4,6,13-14H2,1-2H3,(H,25,27). The van der Waals surface area contributed by atoms with Crippen molar-refractivity contribution in [2.45, 2.75) is 31.7 Å². The Kier molecular flexibility index (Phi) is 5.49. The minimum Gasteiger partial charge on any atom is -0.385 e. The van der Waals surface area contributed by atoms with Crippen LogP contribution in [0.2, 0.25) is 0 Å². The summed E-state index contributed by atoms with van der Waals surface area (Å²) < 4.78 is 5.04. The van der Waals surface area contributed by atoms with Crippen LogP contribution in [0, 0.1) is 12.8 Å². The molecular formula is C24H28N2O2. The largest absolute Gasteiger partial charge is 0.385 e. The van der Waals surface area contributed by atoms with E-state index in [0.717, 1.165) is 24.1 Å². The fourth-order valence-electron chi connectivity index (χ4n) is 4.36. The molecule has 4 rings (SSSR count). The highest BCUT2D eigenvalue weighted by atomic mass is 16.5. The fourth-order valence-corrected chi connectivity index (χ4v) is 4.36. The SMILES string of the molecule is COCCCNC(=O)c1ccc2c(c1)C1C=CCC1C(c1ccc(C)cc1)N2. The lowest BCUT2D eigenvalue weighted by Gasteiger charge is -2.37. The topological polar surface area (TPSA) is 50.4 Å². The molecule has 2 aromatic rings. The maximum Gasteiger partial charge on any atom is 0.251 e. The molecular weight excluding hydrogens is 348 g/mol. The average molecular weight is 377 g/mol. The van der Waals surface area contributed by atoms with Crippen LogP contribution >= 0.6 is 0 Å². The number of aryl methyl sites for hydroxylation is 1. The second-order valence-electron chi connectivity index (χ2n) is 7.79. The van der Waals surface area contributed by atoms with Crippen LogP contribution in [0.5, 0.6) is 0 Å². The first-order valence-electron chi connectivity index (χ1n) is 10.1. The Bertz CT molecular complexity index is 873. The second-order valence-corrected chi connectivity index (χ2v) is 7.79. The van der Waals surface area contributed by atoms with Crippen molar-refractivity contribution in [1.82, 2.24) is 5.32 Å². The average Bonchev–Trinajstić information content (AvgIpc) is 3.21. The van der Waals surface area contributed by atoms with Crippen LogP contribution in [-0.2, 0) is 4.74 Å². The lowest BCUT2D eigenvalue weighted by molar-refractivity contribution is 0.0948. The lowest BCUT2D eigenvalue weighted by atomic mass is 9.76. The summed E-state index contributed by atoms with van der Waals surface area (Å²) in [5.41, 5.74) is 5.70. The van der Waals surface area contributed by atoms with E-state index >= 15 is 0 Å². The number of hydrogen-bond donors (Lipinski definition) is 2. The number of methoxy groups -OCH3 is 1. The molecule has 4 nitrogen and oxygen atoms in total.